The van der Waals surface area contributed by atoms with Crippen molar-refractivity contribution in [2.75, 3.05) is 11.4 Å². The van der Waals surface area contributed by atoms with Crippen molar-refractivity contribution in [1.82, 2.24) is 0 Å². The van der Waals surface area contributed by atoms with Crippen LogP contribution >= 0.6 is 0 Å². The van der Waals surface area contributed by atoms with Crippen LogP contribution in [-0.2, 0) is 5.41 Å². The molecule has 2 aliphatic rings. The number of rotatable bonds is 1. The largest absolute Gasteiger partial charge is 0.298 e. The summed E-state index contributed by atoms with van der Waals surface area (Å²) in [5, 5.41) is 0. The molecule has 0 fully saturated rings. The average molecular weight is 290 g/mol. The van der Waals surface area contributed by atoms with Gasteiger partial charge in [0.2, 0.25) is 0 Å². The minimum Gasteiger partial charge on any atom is -0.298 e. The number of amidine groups is 1. The maximum atomic E-state index is 4.77. The summed E-state index contributed by atoms with van der Waals surface area (Å²) in [4.78, 5) is 7.17. The van der Waals surface area contributed by atoms with Crippen LogP contribution < -0.4 is 4.90 Å². The zero-order valence-electron chi connectivity index (χ0n) is 13.3. The van der Waals surface area contributed by atoms with Crippen LogP contribution in [0, 0.1) is 0 Å². The van der Waals surface area contributed by atoms with Crippen molar-refractivity contribution in [1.29, 1.82) is 0 Å². The minimum atomic E-state index is 0.0723. The number of fused-ring (bicyclic) bond motifs is 2. The second kappa shape index (κ2) is 4.98. The predicted molar refractivity (Wildman–Crippen MR) is 93.3 cm³/mol. The van der Waals surface area contributed by atoms with E-state index in [2.05, 4.69) is 67.3 Å². The van der Waals surface area contributed by atoms with Crippen LogP contribution in [0.3, 0.4) is 0 Å². The molecule has 0 aliphatic carbocycles. The molecule has 22 heavy (non-hydrogen) atoms. The SMILES string of the molecule is CCC1(C)c2ccccc2N(C2=NCCC2)c2ccccc21. The van der Waals surface area contributed by atoms with E-state index in [0.717, 1.165) is 19.4 Å². The van der Waals surface area contributed by atoms with Crippen LogP contribution in [0.25, 0.3) is 0 Å². The van der Waals surface area contributed by atoms with Gasteiger partial charge in [-0.15, -0.1) is 0 Å². The third-order valence-electron chi connectivity index (χ3n) is 5.30. The Morgan fingerprint density at radius 3 is 2.09 bits per heavy atom. The molecule has 0 saturated heterocycles. The number of nitrogens with zero attached hydrogens (tertiary/aromatic N) is 2. The van der Waals surface area contributed by atoms with Gasteiger partial charge in [-0.1, -0.05) is 50.2 Å². The van der Waals surface area contributed by atoms with E-state index in [1.54, 1.807) is 0 Å². The topological polar surface area (TPSA) is 15.6 Å². The van der Waals surface area contributed by atoms with Crippen molar-refractivity contribution < 1.29 is 0 Å². The molecule has 0 atom stereocenters. The monoisotopic (exact) mass is 290 g/mol. The molecule has 2 aromatic rings. The van der Waals surface area contributed by atoms with Gasteiger partial charge in [-0.2, -0.15) is 0 Å². The zero-order valence-corrected chi connectivity index (χ0v) is 13.3. The number of hydrogen-bond acceptors (Lipinski definition) is 2. The van der Waals surface area contributed by atoms with E-state index < -0.39 is 0 Å². The number of anilines is 2. The normalized spacial score (nSPS) is 18.6. The Balaban J connectivity index is 2.01. The fourth-order valence-corrected chi connectivity index (χ4v) is 3.91. The third kappa shape index (κ3) is 1.76. The Labute approximate surface area is 132 Å². The van der Waals surface area contributed by atoms with Crippen molar-refractivity contribution in [3.05, 3.63) is 59.7 Å². The third-order valence-corrected chi connectivity index (χ3v) is 5.30. The van der Waals surface area contributed by atoms with Gasteiger partial charge in [-0.25, -0.2) is 0 Å². The molecule has 0 amide bonds. The molecular weight excluding hydrogens is 268 g/mol. The van der Waals surface area contributed by atoms with Gasteiger partial charge >= 0.3 is 0 Å². The second-order valence-corrected chi connectivity index (χ2v) is 6.46. The molecule has 0 aromatic heterocycles. The average Bonchev–Trinajstić information content (AvgIpc) is 3.09. The van der Waals surface area contributed by atoms with Gasteiger partial charge in [0.15, 0.2) is 0 Å². The Bertz CT molecular complexity index is 697. The van der Waals surface area contributed by atoms with E-state index in [-0.39, 0.29) is 5.41 Å². The highest BCUT2D eigenvalue weighted by molar-refractivity contribution is 6.07. The summed E-state index contributed by atoms with van der Waals surface area (Å²) in [5.74, 6) is 1.22. The van der Waals surface area contributed by atoms with Gasteiger partial charge in [0.1, 0.15) is 5.84 Å². The number of para-hydroxylation sites is 2. The molecular formula is C20H22N2. The lowest BCUT2D eigenvalue weighted by Gasteiger charge is -2.43. The Hall–Kier alpha value is -2.09. The fourth-order valence-electron chi connectivity index (χ4n) is 3.91. The Kier molecular flexibility index (Phi) is 3.07. The summed E-state index contributed by atoms with van der Waals surface area (Å²) in [6.07, 6.45) is 3.34. The van der Waals surface area contributed by atoms with Crippen LogP contribution in [0.15, 0.2) is 53.5 Å². The van der Waals surface area contributed by atoms with E-state index in [1.165, 1.54) is 34.8 Å². The summed E-state index contributed by atoms with van der Waals surface area (Å²) in [7, 11) is 0. The summed E-state index contributed by atoms with van der Waals surface area (Å²) >= 11 is 0. The maximum absolute atomic E-state index is 4.77. The minimum absolute atomic E-state index is 0.0723. The summed E-state index contributed by atoms with van der Waals surface area (Å²) in [6.45, 7) is 5.62. The highest BCUT2D eigenvalue weighted by atomic mass is 15.2. The fraction of sp³-hybridized carbons (Fsp3) is 0.350. The van der Waals surface area contributed by atoms with Crippen LogP contribution in [0.2, 0.25) is 0 Å². The molecule has 0 saturated carbocycles. The quantitative estimate of drug-likeness (QED) is 0.718. The Morgan fingerprint density at radius 2 is 1.59 bits per heavy atom. The zero-order chi connectivity index (χ0) is 15.2. The first-order chi connectivity index (χ1) is 10.8. The van der Waals surface area contributed by atoms with E-state index in [9.17, 15) is 0 Å². The highest BCUT2D eigenvalue weighted by Gasteiger charge is 2.39. The molecule has 2 nitrogen and oxygen atoms in total. The summed E-state index contributed by atoms with van der Waals surface area (Å²) < 4.78 is 0. The van der Waals surface area contributed by atoms with E-state index in [0.29, 0.717) is 0 Å². The van der Waals surface area contributed by atoms with Crippen LogP contribution in [0.1, 0.15) is 44.2 Å². The van der Waals surface area contributed by atoms with Crippen LogP contribution in [0.5, 0.6) is 0 Å². The first-order valence-corrected chi connectivity index (χ1v) is 8.28. The molecule has 0 radical (unpaired) electrons. The van der Waals surface area contributed by atoms with E-state index in [1.807, 2.05) is 0 Å². The van der Waals surface area contributed by atoms with Crippen molar-refractivity contribution in [3.63, 3.8) is 0 Å². The van der Waals surface area contributed by atoms with E-state index in [4.69, 9.17) is 4.99 Å². The molecule has 4 rings (SSSR count). The highest BCUT2D eigenvalue weighted by Crippen LogP contribution is 2.50. The number of hydrogen-bond donors (Lipinski definition) is 0. The first kappa shape index (κ1) is 13.6. The lowest BCUT2D eigenvalue weighted by molar-refractivity contribution is 0.545. The molecule has 0 N–H and O–H groups in total. The molecule has 2 heteroatoms. The van der Waals surface area contributed by atoms with Gasteiger partial charge in [0.25, 0.3) is 0 Å². The lowest BCUT2D eigenvalue weighted by Crippen LogP contribution is -2.37. The van der Waals surface area contributed by atoms with Crippen molar-refractivity contribution in [2.24, 2.45) is 4.99 Å². The molecule has 2 aliphatic heterocycles. The summed E-state index contributed by atoms with van der Waals surface area (Å²) in [5.41, 5.74) is 5.54. The molecule has 0 spiro atoms. The van der Waals surface area contributed by atoms with Gasteiger partial charge in [-0.3, -0.25) is 9.89 Å². The van der Waals surface area contributed by atoms with Gasteiger partial charge in [0.05, 0.1) is 11.4 Å². The maximum Gasteiger partial charge on any atom is 0.108 e. The smallest absolute Gasteiger partial charge is 0.108 e. The predicted octanol–water partition coefficient (Wildman–Crippen LogP) is 5.05. The van der Waals surface area contributed by atoms with Crippen LogP contribution in [0.4, 0.5) is 11.4 Å². The number of aliphatic imine (C=N–C) groups is 1. The second-order valence-electron chi connectivity index (χ2n) is 6.46. The molecule has 2 heterocycles. The van der Waals surface area contributed by atoms with Gasteiger partial charge in [-0.05, 0) is 36.1 Å². The van der Waals surface area contributed by atoms with Crippen molar-refractivity contribution >= 4 is 17.2 Å². The number of benzene rings is 2. The van der Waals surface area contributed by atoms with Crippen molar-refractivity contribution in [3.8, 4) is 0 Å². The first-order valence-electron chi connectivity index (χ1n) is 8.28. The van der Waals surface area contributed by atoms with Gasteiger partial charge < -0.3 is 0 Å². The Morgan fingerprint density at radius 1 is 1.00 bits per heavy atom. The summed E-state index contributed by atoms with van der Waals surface area (Å²) in [6, 6.07) is 17.7. The molecule has 2 aromatic carbocycles. The molecule has 0 bridgehead atoms. The standard InChI is InChI=1S/C20H22N2/c1-3-20(2)15-9-4-6-11-17(15)22(19-13-8-14-21-19)18-12-7-5-10-16(18)20/h4-7,9-12H,3,8,13-14H2,1-2H3. The van der Waals surface area contributed by atoms with E-state index >= 15 is 0 Å². The lowest BCUT2D eigenvalue weighted by atomic mass is 9.70. The van der Waals surface area contributed by atoms with Crippen molar-refractivity contribution in [2.45, 2.75) is 38.5 Å². The molecule has 0 unspecified atom stereocenters. The van der Waals surface area contributed by atoms with Crippen LogP contribution in [-0.4, -0.2) is 12.4 Å². The van der Waals surface area contributed by atoms with Gasteiger partial charge in [0, 0.05) is 18.4 Å². The molecule has 112 valence electrons.